The van der Waals surface area contributed by atoms with E-state index >= 15 is 0 Å². The first-order chi connectivity index (χ1) is 12.1. The second kappa shape index (κ2) is 8.72. The number of hydrogen-bond acceptors (Lipinski definition) is 5. The molecular weight excluding hydrogens is 316 g/mol. The maximum atomic E-state index is 12.6. The van der Waals surface area contributed by atoms with Gasteiger partial charge in [-0.25, -0.2) is 0 Å². The van der Waals surface area contributed by atoms with Gasteiger partial charge in [-0.05, 0) is 52.1 Å². The topological polar surface area (TPSA) is 58.6 Å². The minimum atomic E-state index is 0.0837. The van der Waals surface area contributed by atoms with Gasteiger partial charge in [0, 0.05) is 32.4 Å². The molecule has 1 amide bonds. The van der Waals surface area contributed by atoms with Crippen LogP contribution in [0, 0.1) is 11.8 Å². The second-order valence-electron chi connectivity index (χ2n) is 7.62. The van der Waals surface area contributed by atoms with Gasteiger partial charge in [0.15, 0.2) is 0 Å². The van der Waals surface area contributed by atoms with Crippen molar-refractivity contribution in [1.82, 2.24) is 19.8 Å². The fourth-order valence-corrected chi connectivity index (χ4v) is 3.74. The van der Waals surface area contributed by atoms with Gasteiger partial charge in [-0.1, -0.05) is 0 Å². The molecule has 3 rings (SSSR count). The Bertz CT molecular complexity index is 547. The van der Waals surface area contributed by atoms with Crippen LogP contribution in [-0.4, -0.2) is 66.1 Å². The molecule has 1 atom stereocenters. The van der Waals surface area contributed by atoms with Gasteiger partial charge < -0.3 is 14.5 Å². The van der Waals surface area contributed by atoms with Crippen molar-refractivity contribution < 1.29 is 9.53 Å². The van der Waals surface area contributed by atoms with Gasteiger partial charge in [0.25, 0.3) is 0 Å². The van der Waals surface area contributed by atoms with Gasteiger partial charge >= 0.3 is 0 Å². The fourth-order valence-electron chi connectivity index (χ4n) is 3.74. The van der Waals surface area contributed by atoms with Crippen LogP contribution in [-0.2, 0) is 22.5 Å². The molecule has 0 radical (unpaired) electrons. The third-order valence-corrected chi connectivity index (χ3v) is 5.17. The quantitative estimate of drug-likeness (QED) is 0.813. The van der Waals surface area contributed by atoms with Crippen LogP contribution in [0.4, 0.5) is 0 Å². The van der Waals surface area contributed by atoms with Crippen molar-refractivity contribution in [2.45, 2.75) is 38.6 Å². The van der Waals surface area contributed by atoms with Gasteiger partial charge in [-0.2, -0.15) is 0 Å². The molecular formula is C19H30N4O2. The van der Waals surface area contributed by atoms with Crippen molar-refractivity contribution in [2.75, 3.05) is 40.4 Å². The molecule has 0 N–H and O–H groups in total. The Morgan fingerprint density at radius 1 is 1.20 bits per heavy atom. The van der Waals surface area contributed by atoms with E-state index in [9.17, 15) is 4.79 Å². The van der Waals surface area contributed by atoms with Crippen molar-refractivity contribution in [3.63, 3.8) is 0 Å². The molecule has 0 saturated carbocycles. The Labute approximate surface area is 150 Å². The highest BCUT2D eigenvalue weighted by atomic mass is 16.5. The molecule has 2 aliphatic heterocycles. The van der Waals surface area contributed by atoms with Crippen molar-refractivity contribution >= 4 is 5.91 Å². The molecule has 6 nitrogen and oxygen atoms in total. The predicted molar refractivity (Wildman–Crippen MR) is 96.0 cm³/mol. The molecule has 0 spiro atoms. The smallest absolute Gasteiger partial charge is 0.228 e. The lowest BCUT2D eigenvalue weighted by atomic mass is 9.91. The number of ether oxygens (including phenoxy) is 1. The molecule has 2 saturated heterocycles. The van der Waals surface area contributed by atoms with Crippen molar-refractivity contribution in [2.24, 2.45) is 11.8 Å². The maximum absolute atomic E-state index is 12.6. The van der Waals surface area contributed by atoms with E-state index in [2.05, 4.69) is 14.9 Å². The molecule has 3 heterocycles. The Balaban J connectivity index is 1.45. The molecule has 6 heteroatoms. The van der Waals surface area contributed by atoms with E-state index in [-0.39, 0.29) is 5.92 Å². The highest BCUT2D eigenvalue weighted by Gasteiger charge is 2.29. The summed E-state index contributed by atoms with van der Waals surface area (Å²) < 4.78 is 5.46. The first-order valence-electron chi connectivity index (χ1n) is 9.43. The van der Waals surface area contributed by atoms with Gasteiger partial charge in [0.2, 0.25) is 5.91 Å². The lowest BCUT2D eigenvalue weighted by molar-refractivity contribution is -0.141. The third kappa shape index (κ3) is 5.22. The molecule has 138 valence electrons. The average molecular weight is 346 g/mol. The first-order valence-corrected chi connectivity index (χ1v) is 9.43. The zero-order valence-corrected chi connectivity index (χ0v) is 15.5. The average Bonchev–Trinajstić information content (AvgIpc) is 2.64. The molecule has 2 fully saturated rings. The summed E-state index contributed by atoms with van der Waals surface area (Å²) in [5.41, 5.74) is 2.07. The number of carbonyl (C=O) groups is 1. The van der Waals surface area contributed by atoms with Crippen LogP contribution < -0.4 is 0 Å². The highest BCUT2D eigenvalue weighted by Crippen LogP contribution is 2.24. The number of piperidine rings is 1. The van der Waals surface area contributed by atoms with E-state index in [1.54, 1.807) is 0 Å². The van der Waals surface area contributed by atoms with Crippen LogP contribution in [0.25, 0.3) is 0 Å². The summed E-state index contributed by atoms with van der Waals surface area (Å²) in [5, 5.41) is 0. The van der Waals surface area contributed by atoms with Gasteiger partial charge in [-0.3, -0.25) is 14.8 Å². The number of hydrogen-bond donors (Lipinski definition) is 0. The Hall–Kier alpha value is -1.53. The fraction of sp³-hybridized carbons (Fsp3) is 0.737. The number of amides is 1. The monoisotopic (exact) mass is 346 g/mol. The Kier molecular flexibility index (Phi) is 6.37. The van der Waals surface area contributed by atoms with Gasteiger partial charge in [0.1, 0.15) is 0 Å². The van der Waals surface area contributed by atoms with Gasteiger partial charge in [0.05, 0.1) is 30.1 Å². The van der Waals surface area contributed by atoms with Crippen molar-refractivity contribution in [3.8, 4) is 0 Å². The minimum Gasteiger partial charge on any atom is -0.381 e. The van der Waals surface area contributed by atoms with E-state index in [1.165, 1.54) is 0 Å². The molecule has 2 aliphatic rings. The molecule has 25 heavy (non-hydrogen) atoms. The van der Waals surface area contributed by atoms with E-state index in [1.807, 2.05) is 31.4 Å². The van der Waals surface area contributed by atoms with Crippen LogP contribution >= 0.6 is 0 Å². The SMILES string of the molecule is CN(C)Cc1cnc(CC2CCN(C(=O)[C@H]3CCCOC3)CC2)cn1. The van der Waals surface area contributed by atoms with Crippen LogP contribution in [0.2, 0.25) is 0 Å². The summed E-state index contributed by atoms with van der Waals surface area (Å²) in [6.45, 7) is 3.96. The molecule has 1 aromatic rings. The number of rotatable bonds is 5. The van der Waals surface area contributed by atoms with Crippen LogP contribution in [0.1, 0.15) is 37.1 Å². The van der Waals surface area contributed by atoms with E-state index in [0.717, 1.165) is 69.7 Å². The standard InChI is InChI=1S/C19H30N4O2/c1-22(2)13-18-12-20-17(11-21-18)10-15-5-7-23(8-6-15)19(24)16-4-3-9-25-14-16/h11-12,15-16H,3-10,13-14H2,1-2H3/t16-/m0/s1. The number of aromatic nitrogens is 2. The number of carbonyl (C=O) groups excluding carboxylic acids is 1. The summed E-state index contributed by atoms with van der Waals surface area (Å²) in [6.07, 6.45) is 8.86. The third-order valence-electron chi connectivity index (χ3n) is 5.17. The zero-order valence-electron chi connectivity index (χ0n) is 15.5. The molecule has 1 aromatic heterocycles. The van der Waals surface area contributed by atoms with Gasteiger partial charge in [-0.15, -0.1) is 0 Å². The molecule has 0 unspecified atom stereocenters. The Morgan fingerprint density at radius 2 is 1.92 bits per heavy atom. The Morgan fingerprint density at radius 3 is 2.52 bits per heavy atom. The molecule has 0 aromatic carbocycles. The lowest BCUT2D eigenvalue weighted by Crippen LogP contribution is -2.44. The number of likely N-dealkylation sites (tertiary alicyclic amines) is 1. The summed E-state index contributed by atoms with van der Waals surface area (Å²) >= 11 is 0. The molecule has 0 bridgehead atoms. The maximum Gasteiger partial charge on any atom is 0.228 e. The first kappa shape index (κ1) is 18.3. The zero-order chi connectivity index (χ0) is 17.6. The number of nitrogens with zero attached hydrogens (tertiary/aromatic N) is 4. The summed E-state index contributed by atoms with van der Waals surface area (Å²) in [6, 6.07) is 0. The van der Waals surface area contributed by atoms with Crippen molar-refractivity contribution in [1.29, 1.82) is 0 Å². The van der Waals surface area contributed by atoms with E-state index in [0.29, 0.717) is 18.4 Å². The second-order valence-corrected chi connectivity index (χ2v) is 7.62. The summed E-state index contributed by atoms with van der Waals surface area (Å²) in [5.74, 6) is 0.979. The van der Waals surface area contributed by atoms with Crippen molar-refractivity contribution in [3.05, 3.63) is 23.8 Å². The predicted octanol–water partition coefficient (Wildman–Crippen LogP) is 1.75. The normalized spacial score (nSPS) is 22.4. The molecule has 0 aliphatic carbocycles. The van der Waals surface area contributed by atoms with E-state index < -0.39 is 0 Å². The minimum absolute atomic E-state index is 0.0837. The van der Waals surface area contributed by atoms with Crippen LogP contribution in [0.5, 0.6) is 0 Å². The summed E-state index contributed by atoms with van der Waals surface area (Å²) in [4.78, 5) is 25.8. The highest BCUT2D eigenvalue weighted by molar-refractivity contribution is 5.79. The lowest BCUT2D eigenvalue weighted by Gasteiger charge is -2.35. The van der Waals surface area contributed by atoms with Crippen LogP contribution in [0.3, 0.4) is 0 Å². The summed E-state index contributed by atoms with van der Waals surface area (Å²) in [7, 11) is 4.06. The van der Waals surface area contributed by atoms with E-state index in [4.69, 9.17) is 4.74 Å². The van der Waals surface area contributed by atoms with Crippen LogP contribution in [0.15, 0.2) is 12.4 Å². The largest absolute Gasteiger partial charge is 0.381 e.